The van der Waals surface area contributed by atoms with Crippen LogP contribution in [0.1, 0.15) is 45.1 Å². The average Bonchev–Trinajstić information content (AvgIpc) is 3.15. The van der Waals surface area contributed by atoms with Gasteiger partial charge in [-0.15, -0.1) is 0 Å². The first-order valence-electron chi connectivity index (χ1n) is 11.9. The number of aryl methyl sites for hydroxylation is 2. The van der Waals surface area contributed by atoms with Crippen molar-refractivity contribution in [2.75, 3.05) is 17.2 Å². The number of anilines is 3. The number of fused-ring (bicyclic) bond motifs is 6. The van der Waals surface area contributed by atoms with Crippen molar-refractivity contribution < 1.29 is 14.3 Å². The Morgan fingerprint density at radius 1 is 0.771 bits per heavy atom. The third kappa shape index (κ3) is 3.19. The fourth-order valence-corrected chi connectivity index (χ4v) is 5.13. The molecular formula is C30H26N2O3. The summed E-state index contributed by atoms with van der Waals surface area (Å²) in [5.74, 6) is 1.03. The molecule has 5 heteroatoms. The van der Waals surface area contributed by atoms with Gasteiger partial charge in [-0.25, -0.2) is 4.79 Å². The fourth-order valence-electron chi connectivity index (χ4n) is 5.13. The van der Waals surface area contributed by atoms with Crippen LogP contribution < -0.4 is 15.4 Å². The third-order valence-electron chi connectivity index (χ3n) is 6.85. The van der Waals surface area contributed by atoms with E-state index in [0.29, 0.717) is 17.1 Å². The number of nitrogens with one attached hydrogen (secondary N) is 2. The third-order valence-corrected chi connectivity index (χ3v) is 6.85. The molecule has 5 nitrogen and oxygen atoms in total. The van der Waals surface area contributed by atoms with E-state index in [9.17, 15) is 4.79 Å². The van der Waals surface area contributed by atoms with E-state index < -0.39 is 5.60 Å². The molecule has 0 amide bonds. The minimum atomic E-state index is -1.09. The molecule has 0 aromatic heterocycles. The SMILES string of the molecule is CCNc1ccc2c(c1)Oc1cc(C)c(Nc3ccccc3C)cc1C21OC(=O)c2ccccc21. The predicted molar refractivity (Wildman–Crippen MR) is 138 cm³/mol. The van der Waals surface area contributed by atoms with Crippen molar-refractivity contribution in [3.05, 3.63) is 112 Å². The Balaban J connectivity index is 1.59. The fraction of sp³-hybridized carbons (Fsp3) is 0.167. The Bertz CT molecular complexity index is 1490. The van der Waals surface area contributed by atoms with Crippen LogP contribution in [0.25, 0.3) is 0 Å². The van der Waals surface area contributed by atoms with Crippen LogP contribution in [-0.4, -0.2) is 12.5 Å². The maximum atomic E-state index is 13.1. The summed E-state index contributed by atoms with van der Waals surface area (Å²) in [6.07, 6.45) is 0. The van der Waals surface area contributed by atoms with Crippen LogP contribution in [0.2, 0.25) is 0 Å². The zero-order chi connectivity index (χ0) is 24.2. The first-order chi connectivity index (χ1) is 17.0. The molecule has 1 unspecified atom stereocenters. The molecule has 1 atom stereocenters. The molecular weight excluding hydrogens is 436 g/mol. The van der Waals surface area contributed by atoms with Crippen molar-refractivity contribution in [2.24, 2.45) is 0 Å². The minimum Gasteiger partial charge on any atom is -0.456 e. The second-order valence-electron chi connectivity index (χ2n) is 9.06. The van der Waals surface area contributed by atoms with Crippen LogP contribution in [0.15, 0.2) is 78.9 Å². The summed E-state index contributed by atoms with van der Waals surface area (Å²) >= 11 is 0. The van der Waals surface area contributed by atoms with Crippen LogP contribution in [-0.2, 0) is 10.3 Å². The quantitative estimate of drug-likeness (QED) is 0.318. The van der Waals surface area contributed by atoms with E-state index in [1.54, 1.807) is 0 Å². The van der Waals surface area contributed by atoms with E-state index in [0.717, 1.165) is 51.4 Å². The molecule has 2 aliphatic heterocycles. The topological polar surface area (TPSA) is 59.6 Å². The molecule has 6 rings (SSSR count). The highest BCUT2D eigenvalue weighted by Crippen LogP contribution is 2.57. The smallest absolute Gasteiger partial charge is 0.340 e. The molecule has 0 fully saturated rings. The number of carbonyl (C=O) groups excluding carboxylic acids is 1. The Labute approximate surface area is 204 Å². The number of para-hydroxylation sites is 1. The van der Waals surface area contributed by atoms with Crippen LogP contribution in [0.3, 0.4) is 0 Å². The van der Waals surface area contributed by atoms with Gasteiger partial charge in [-0.1, -0.05) is 36.4 Å². The number of hydrogen-bond donors (Lipinski definition) is 2. The summed E-state index contributed by atoms with van der Waals surface area (Å²) < 4.78 is 12.8. The van der Waals surface area contributed by atoms with Crippen LogP contribution in [0.5, 0.6) is 11.5 Å². The van der Waals surface area contributed by atoms with E-state index in [-0.39, 0.29) is 5.97 Å². The van der Waals surface area contributed by atoms with E-state index >= 15 is 0 Å². The normalized spacial score (nSPS) is 17.2. The highest BCUT2D eigenvalue weighted by atomic mass is 16.6. The summed E-state index contributed by atoms with van der Waals surface area (Å²) in [7, 11) is 0. The molecule has 0 bridgehead atoms. The average molecular weight is 463 g/mol. The van der Waals surface area contributed by atoms with Gasteiger partial charge in [-0.2, -0.15) is 0 Å². The summed E-state index contributed by atoms with van der Waals surface area (Å²) in [6, 6.07) is 25.9. The first kappa shape index (κ1) is 21.3. The van der Waals surface area contributed by atoms with Gasteiger partial charge in [-0.05, 0) is 68.3 Å². The number of esters is 1. The predicted octanol–water partition coefficient (Wildman–Crippen LogP) is 7.05. The molecule has 4 aromatic rings. The second kappa shape index (κ2) is 7.91. The largest absolute Gasteiger partial charge is 0.456 e. The molecule has 174 valence electrons. The molecule has 0 saturated carbocycles. The lowest BCUT2D eigenvalue weighted by Gasteiger charge is -2.37. The Hall–Kier alpha value is -4.25. The van der Waals surface area contributed by atoms with Crippen LogP contribution in [0, 0.1) is 13.8 Å². The number of hydrogen-bond acceptors (Lipinski definition) is 5. The maximum Gasteiger partial charge on any atom is 0.340 e. The Morgan fingerprint density at radius 2 is 1.54 bits per heavy atom. The van der Waals surface area contributed by atoms with E-state index in [1.165, 1.54) is 0 Å². The summed E-state index contributed by atoms with van der Waals surface area (Å²) in [5, 5.41) is 6.92. The van der Waals surface area contributed by atoms with Crippen molar-refractivity contribution in [3.63, 3.8) is 0 Å². The van der Waals surface area contributed by atoms with E-state index in [1.807, 2.05) is 60.7 Å². The Morgan fingerprint density at radius 3 is 2.37 bits per heavy atom. The van der Waals surface area contributed by atoms with Crippen LogP contribution in [0.4, 0.5) is 17.1 Å². The monoisotopic (exact) mass is 462 g/mol. The highest BCUT2D eigenvalue weighted by Gasteiger charge is 2.53. The molecule has 4 aromatic carbocycles. The van der Waals surface area contributed by atoms with Crippen molar-refractivity contribution in [1.82, 2.24) is 0 Å². The van der Waals surface area contributed by atoms with Gasteiger partial charge in [0.2, 0.25) is 0 Å². The lowest BCUT2D eigenvalue weighted by atomic mass is 9.77. The van der Waals surface area contributed by atoms with Crippen molar-refractivity contribution >= 4 is 23.0 Å². The van der Waals surface area contributed by atoms with Gasteiger partial charge in [-0.3, -0.25) is 0 Å². The Kier molecular flexibility index (Phi) is 4.81. The lowest BCUT2D eigenvalue weighted by molar-refractivity contribution is 0.0224. The molecule has 0 saturated heterocycles. The maximum absolute atomic E-state index is 13.1. The standard InChI is InChI=1S/C30H26N2O3/c1-4-31-20-13-14-23-28(16-20)34-27-15-19(3)26(32-25-12-8-5-9-18(25)2)17-24(27)30(23)22-11-7-6-10-21(22)29(33)35-30/h5-17,31-32H,4H2,1-3H3. The highest BCUT2D eigenvalue weighted by molar-refractivity contribution is 5.97. The van der Waals surface area contributed by atoms with Gasteiger partial charge in [0.15, 0.2) is 5.60 Å². The summed E-state index contributed by atoms with van der Waals surface area (Å²) in [5.41, 5.74) is 7.05. The van der Waals surface area contributed by atoms with Crippen LogP contribution >= 0.6 is 0 Å². The number of ether oxygens (including phenoxy) is 2. The number of rotatable bonds is 4. The van der Waals surface area contributed by atoms with Crippen molar-refractivity contribution in [2.45, 2.75) is 26.4 Å². The van der Waals surface area contributed by atoms with Crippen molar-refractivity contribution in [3.8, 4) is 11.5 Å². The molecule has 35 heavy (non-hydrogen) atoms. The minimum absolute atomic E-state index is 0.329. The molecule has 1 spiro atoms. The van der Waals surface area contributed by atoms with E-state index in [2.05, 4.69) is 49.6 Å². The lowest BCUT2D eigenvalue weighted by Crippen LogP contribution is -2.33. The molecule has 0 aliphatic carbocycles. The zero-order valence-electron chi connectivity index (χ0n) is 19.9. The van der Waals surface area contributed by atoms with Gasteiger partial charge in [0.05, 0.1) is 5.56 Å². The number of benzene rings is 4. The van der Waals surface area contributed by atoms with Gasteiger partial charge in [0.1, 0.15) is 11.5 Å². The molecule has 2 aliphatic rings. The second-order valence-corrected chi connectivity index (χ2v) is 9.06. The van der Waals surface area contributed by atoms with E-state index in [4.69, 9.17) is 9.47 Å². The number of carbonyl (C=O) groups is 1. The molecule has 2 heterocycles. The molecule has 2 N–H and O–H groups in total. The molecule has 0 radical (unpaired) electrons. The summed E-state index contributed by atoms with van der Waals surface area (Å²) in [4.78, 5) is 13.1. The zero-order valence-corrected chi connectivity index (χ0v) is 19.9. The summed E-state index contributed by atoms with van der Waals surface area (Å²) in [6.45, 7) is 6.98. The van der Waals surface area contributed by atoms with Gasteiger partial charge >= 0.3 is 5.97 Å². The van der Waals surface area contributed by atoms with Gasteiger partial charge in [0, 0.05) is 46.4 Å². The van der Waals surface area contributed by atoms with Crippen molar-refractivity contribution in [1.29, 1.82) is 0 Å². The van der Waals surface area contributed by atoms with Gasteiger partial charge in [0.25, 0.3) is 0 Å². The van der Waals surface area contributed by atoms with Gasteiger partial charge < -0.3 is 20.1 Å². The first-order valence-corrected chi connectivity index (χ1v) is 11.9.